The third kappa shape index (κ3) is 3.15. The first-order chi connectivity index (χ1) is 13.4. The first-order valence-electron chi connectivity index (χ1n) is 8.55. The van der Waals surface area contributed by atoms with Crippen LogP contribution in [0, 0.1) is 0 Å². The van der Waals surface area contributed by atoms with Gasteiger partial charge >= 0.3 is 6.18 Å². The zero-order chi connectivity index (χ0) is 19.9. The molecular weight excluding hydrogens is 375 g/mol. The van der Waals surface area contributed by atoms with Crippen molar-refractivity contribution in [3.63, 3.8) is 0 Å². The number of nitrogens with one attached hydrogen (secondary N) is 2. The molecule has 0 spiro atoms. The highest BCUT2D eigenvalue weighted by atomic mass is 19.4. The van der Waals surface area contributed by atoms with Gasteiger partial charge in [-0.3, -0.25) is 15.0 Å². The zero-order valence-electron chi connectivity index (χ0n) is 14.5. The molecule has 1 aliphatic rings. The highest BCUT2D eigenvalue weighted by Crippen LogP contribution is 2.36. The van der Waals surface area contributed by atoms with Crippen molar-refractivity contribution >= 4 is 5.91 Å². The van der Waals surface area contributed by atoms with E-state index in [1.54, 1.807) is 4.90 Å². The van der Waals surface area contributed by atoms with Crippen LogP contribution in [0.3, 0.4) is 0 Å². The minimum Gasteiger partial charge on any atom is -0.390 e. The van der Waals surface area contributed by atoms with Crippen molar-refractivity contribution in [1.82, 2.24) is 25.3 Å². The summed E-state index contributed by atoms with van der Waals surface area (Å²) in [6.45, 7) is 0.441. The molecule has 1 aliphatic heterocycles. The Morgan fingerprint density at radius 2 is 2.00 bits per heavy atom. The summed E-state index contributed by atoms with van der Waals surface area (Å²) in [7, 11) is 0. The predicted molar refractivity (Wildman–Crippen MR) is 92.0 cm³/mol. The summed E-state index contributed by atoms with van der Waals surface area (Å²) in [6, 6.07) is 6.42. The van der Waals surface area contributed by atoms with Crippen molar-refractivity contribution in [2.75, 3.05) is 6.54 Å². The summed E-state index contributed by atoms with van der Waals surface area (Å²) in [5, 5.41) is 22.7. The molecule has 0 radical (unpaired) electrons. The largest absolute Gasteiger partial charge is 0.417 e. The third-order valence-corrected chi connectivity index (χ3v) is 4.77. The zero-order valence-corrected chi connectivity index (χ0v) is 14.5. The van der Waals surface area contributed by atoms with Crippen LogP contribution in [0.4, 0.5) is 13.2 Å². The van der Waals surface area contributed by atoms with E-state index in [9.17, 15) is 23.1 Å². The van der Waals surface area contributed by atoms with Gasteiger partial charge in [-0.05, 0) is 12.1 Å². The fourth-order valence-corrected chi connectivity index (χ4v) is 3.35. The van der Waals surface area contributed by atoms with Gasteiger partial charge in [0.05, 0.1) is 23.6 Å². The lowest BCUT2D eigenvalue weighted by molar-refractivity contribution is -0.137. The van der Waals surface area contributed by atoms with Crippen LogP contribution in [-0.2, 0) is 25.7 Å². The molecule has 28 heavy (non-hydrogen) atoms. The molecule has 2 aromatic heterocycles. The Balaban J connectivity index is 1.60. The predicted octanol–water partition coefficient (Wildman–Crippen LogP) is 2.51. The van der Waals surface area contributed by atoms with E-state index in [4.69, 9.17) is 0 Å². The molecular formula is C18H16F3N5O2. The van der Waals surface area contributed by atoms with Crippen LogP contribution in [0.1, 0.15) is 33.0 Å². The van der Waals surface area contributed by atoms with Crippen molar-refractivity contribution < 1.29 is 23.1 Å². The maximum absolute atomic E-state index is 13.2. The van der Waals surface area contributed by atoms with Crippen LogP contribution in [-0.4, -0.2) is 42.9 Å². The molecule has 1 aromatic carbocycles. The van der Waals surface area contributed by atoms with Crippen LogP contribution >= 0.6 is 0 Å². The number of aliphatic hydroxyl groups is 1. The lowest BCUT2D eigenvalue weighted by Crippen LogP contribution is -2.36. The van der Waals surface area contributed by atoms with E-state index in [1.165, 1.54) is 24.3 Å². The fourth-order valence-electron chi connectivity index (χ4n) is 3.35. The lowest BCUT2D eigenvalue weighted by Gasteiger charge is -2.26. The first kappa shape index (κ1) is 18.2. The highest BCUT2D eigenvalue weighted by molar-refractivity contribution is 5.93. The highest BCUT2D eigenvalue weighted by Gasteiger charge is 2.34. The molecule has 1 amide bonds. The number of carbonyl (C=O) groups excluding carboxylic acids is 1. The summed E-state index contributed by atoms with van der Waals surface area (Å²) in [4.78, 5) is 14.3. The van der Waals surface area contributed by atoms with Gasteiger partial charge in [0.25, 0.3) is 5.91 Å². The number of amides is 1. The molecule has 146 valence electrons. The average Bonchev–Trinajstić information content (AvgIpc) is 3.33. The minimum absolute atomic E-state index is 0.0494. The number of hydrogen-bond donors (Lipinski definition) is 3. The molecule has 0 unspecified atom stereocenters. The number of aromatic nitrogens is 4. The molecule has 7 nitrogen and oxygen atoms in total. The van der Waals surface area contributed by atoms with Gasteiger partial charge in [0.1, 0.15) is 5.69 Å². The second-order valence-corrected chi connectivity index (χ2v) is 6.47. The molecule has 0 bridgehead atoms. The van der Waals surface area contributed by atoms with Crippen LogP contribution in [0.15, 0.2) is 30.3 Å². The maximum atomic E-state index is 13.2. The first-order valence-corrected chi connectivity index (χ1v) is 8.55. The van der Waals surface area contributed by atoms with Crippen molar-refractivity contribution in [1.29, 1.82) is 0 Å². The van der Waals surface area contributed by atoms with Gasteiger partial charge in [0, 0.05) is 36.3 Å². The minimum atomic E-state index is -4.52. The number of rotatable bonds is 3. The third-order valence-electron chi connectivity index (χ3n) is 4.77. The van der Waals surface area contributed by atoms with Crippen LogP contribution in [0.2, 0.25) is 0 Å². The summed E-state index contributed by atoms with van der Waals surface area (Å²) in [6.07, 6.45) is -3.98. The van der Waals surface area contributed by atoms with Crippen molar-refractivity contribution in [2.45, 2.75) is 25.7 Å². The Labute approximate surface area is 157 Å². The van der Waals surface area contributed by atoms with E-state index in [0.717, 1.165) is 17.3 Å². The van der Waals surface area contributed by atoms with E-state index in [2.05, 4.69) is 20.4 Å². The lowest BCUT2D eigenvalue weighted by atomic mass is 10.0. The average molecular weight is 391 g/mol. The topological polar surface area (TPSA) is 97.9 Å². The molecule has 0 saturated carbocycles. The van der Waals surface area contributed by atoms with E-state index < -0.39 is 11.7 Å². The molecule has 3 heterocycles. The molecule has 4 rings (SSSR count). The molecule has 3 N–H and O–H groups in total. The molecule has 10 heteroatoms. The normalized spacial score (nSPS) is 14.2. The van der Waals surface area contributed by atoms with Crippen molar-refractivity contribution in [3.8, 4) is 11.3 Å². The van der Waals surface area contributed by atoms with E-state index in [0.29, 0.717) is 18.7 Å². The van der Waals surface area contributed by atoms with Gasteiger partial charge in [-0.1, -0.05) is 18.2 Å². The van der Waals surface area contributed by atoms with Gasteiger partial charge in [-0.15, -0.1) is 0 Å². The monoisotopic (exact) mass is 391 g/mol. The van der Waals surface area contributed by atoms with Crippen LogP contribution in [0.25, 0.3) is 11.3 Å². The quantitative estimate of drug-likeness (QED) is 0.639. The maximum Gasteiger partial charge on any atom is 0.417 e. The molecule has 0 aliphatic carbocycles. The Hall–Kier alpha value is -3.14. The SMILES string of the molecule is O=C(c1cc(-c2ccccc2C(F)(F)F)n[nH]1)N1CCc2[nH]nc(CO)c2C1. The molecule has 0 atom stereocenters. The summed E-state index contributed by atoms with van der Waals surface area (Å²) < 4.78 is 39.7. The van der Waals surface area contributed by atoms with Gasteiger partial charge in [0.15, 0.2) is 0 Å². The number of halogens is 3. The van der Waals surface area contributed by atoms with Crippen molar-refractivity contribution in [2.24, 2.45) is 0 Å². The number of aliphatic hydroxyl groups excluding tert-OH is 1. The number of hydrogen-bond acceptors (Lipinski definition) is 4. The standard InChI is InChI=1S/C18H16F3N5O2/c19-18(20,21)12-4-2-1-3-10(12)14-7-15(24-23-14)17(28)26-6-5-13-11(8-26)16(9-27)25-22-13/h1-4,7,27H,5-6,8-9H2,(H,22,25)(H,23,24). The van der Waals surface area contributed by atoms with E-state index in [1.807, 2.05) is 0 Å². The number of aromatic amines is 2. The number of benzene rings is 1. The van der Waals surface area contributed by atoms with Crippen LogP contribution in [0.5, 0.6) is 0 Å². The summed E-state index contributed by atoms with van der Waals surface area (Å²) >= 11 is 0. The Morgan fingerprint density at radius 3 is 2.75 bits per heavy atom. The van der Waals surface area contributed by atoms with Gasteiger partial charge in [0.2, 0.25) is 0 Å². The number of alkyl halides is 3. The summed E-state index contributed by atoms with van der Waals surface area (Å²) in [5.41, 5.74) is 1.37. The second-order valence-electron chi connectivity index (χ2n) is 6.47. The number of fused-ring (bicyclic) bond motifs is 1. The fraction of sp³-hybridized carbons (Fsp3) is 0.278. The van der Waals surface area contributed by atoms with E-state index in [-0.39, 0.29) is 36.0 Å². The number of carbonyl (C=O) groups is 1. The molecule has 0 saturated heterocycles. The van der Waals surface area contributed by atoms with Gasteiger partial charge < -0.3 is 10.0 Å². The van der Waals surface area contributed by atoms with Crippen molar-refractivity contribution in [3.05, 3.63) is 58.5 Å². The Morgan fingerprint density at radius 1 is 1.21 bits per heavy atom. The van der Waals surface area contributed by atoms with Crippen LogP contribution < -0.4 is 0 Å². The molecule has 3 aromatic rings. The molecule has 0 fully saturated rings. The Bertz CT molecular complexity index is 1010. The number of nitrogens with zero attached hydrogens (tertiary/aromatic N) is 3. The van der Waals surface area contributed by atoms with E-state index >= 15 is 0 Å². The second kappa shape index (κ2) is 6.79. The summed E-state index contributed by atoms with van der Waals surface area (Å²) in [5.74, 6) is -0.376. The van der Waals surface area contributed by atoms with Gasteiger partial charge in [-0.25, -0.2) is 0 Å². The smallest absolute Gasteiger partial charge is 0.390 e. The van der Waals surface area contributed by atoms with Gasteiger partial charge in [-0.2, -0.15) is 23.4 Å². The number of H-pyrrole nitrogens is 2. The Kier molecular flexibility index (Phi) is 4.42.